The van der Waals surface area contributed by atoms with Crippen LogP contribution in [0.15, 0.2) is 29.2 Å². The molecule has 3 rings (SSSR count). The summed E-state index contributed by atoms with van der Waals surface area (Å²) in [6.07, 6.45) is 4.50. The predicted octanol–water partition coefficient (Wildman–Crippen LogP) is 1.72. The van der Waals surface area contributed by atoms with E-state index in [-0.39, 0.29) is 6.04 Å². The number of hydrogen-bond acceptors (Lipinski definition) is 3. The molecule has 0 heterocycles. The first-order chi connectivity index (χ1) is 9.07. The Balaban J connectivity index is 1.69. The largest absolute Gasteiger partial charge is 0.310 e. The van der Waals surface area contributed by atoms with Crippen LogP contribution in [0, 0.1) is 0 Å². The van der Waals surface area contributed by atoms with Gasteiger partial charge in [0.25, 0.3) is 0 Å². The number of hydrogen-bond donors (Lipinski definition) is 1. The van der Waals surface area contributed by atoms with Gasteiger partial charge in [-0.2, -0.15) is 4.31 Å². The third kappa shape index (κ3) is 2.99. The van der Waals surface area contributed by atoms with E-state index < -0.39 is 10.0 Å². The summed E-state index contributed by atoms with van der Waals surface area (Å²) in [5, 5.41) is 3.42. The maximum Gasteiger partial charge on any atom is 0.243 e. The summed E-state index contributed by atoms with van der Waals surface area (Å²) in [6.45, 7) is 0.823. The van der Waals surface area contributed by atoms with Crippen LogP contribution in [0.4, 0.5) is 0 Å². The zero-order valence-electron chi connectivity index (χ0n) is 11.2. The fourth-order valence-electron chi connectivity index (χ4n) is 2.13. The highest BCUT2D eigenvalue weighted by Crippen LogP contribution is 2.30. The second-order valence-corrected chi connectivity index (χ2v) is 7.55. The molecule has 19 heavy (non-hydrogen) atoms. The van der Waals surface area contributed by atoms with Gasteiger partial charge in [0.2, 0.25) is 10.0 Å². The molecule has 2 saturated carbocycles. The Morgan fingerprint density at radius 3 is 2.32 bits per heavy atom. The third-order valence-corrected chi connectivity index (χ3v) is 5.76. The van der Waals surface area contributed by atoms with Gasteiger partial charge in [-0.25, -0.2) is 8.42 Å². The maximum atomic E-state index is 12.3. The molecule has 0 bridgehead atoms. The van der Waals surface area contributed by atoms with E-state index in [0.717, 1.165) is 24.9 Å². The van der Waals surface area contributed by atoms with Crippen LogP contribution in [-0.4, -0.2) is 31.9 Å². The van der Waals surface area contributed by atoms with Gasteiger partial charge in [0, 0.05) is 25.7 Å². The molecule has 5 heteroatoms. The standard InChI is InChI=1S/C14H20N2O2S/c1-16(13-6-7-13)19(17,18)14-8-2-11(3-9-14)10-15-12-4-5-12/h2-3,8-9,12-13,15H,4-7,10H2,1H3. The lowest BCUT2D eigenvalue weighted by atomic mass is 10.2. The van der Waals surface area contributed by atoms with E-state index in [2.05, 4.69) is 5.32 Å². The molecule has 0 amide bonds. The van der Waals surface area contributed by atoms with Gasteiger partial charge in [-0.1, -0.05) is 12.1 Å². The van der Waals surface area contributed by atoms with Crippen LogP contribution in [-0.2, 0) is 16.6 Å². The normalized spacial score (nSPS) is 19.9. The average Bonchev–Trinajstić information content (AvgIpc) is 3.29. The van der Waals surface area contributed by atoms with Crippen molar-refractivity contribution in [1.29, 1.82) is 0 Å². The molecule has 0 unspecified atom stereocenters. The second kappa shape index (κ2) is 4.89. The van der Waals surface area contributed by atoms with E-state index in [9.17, 15) is 8.42 Å². The second-order valence-electron chi connectivity index (χ2n) is 5.55. The zero-order valence-corrected chi connectivity index (χ0v) is 12.0. The van der Waals surface area contributed by atoms with Crippen LogP contribution in [0.1, 0.15) is 31.2 Å². The molecule has 0 saturated heterocycles. The molecule has 0 aliphatic heterocycles. The summed E-state index contributed by atoms with van der Waals surface area (Å²) < 4.78 is 26.1. The van der Waals surface area contributed by atoms with Gasteiger partial charge >= 0.3 is 0 Å². The molecule has 2 aliphatic carbocycles. The summed E-state index contributed by atoms with van der Waals surface area (Å²) >= 11 is 0. The molecule has 0 spiro atoms. The monoisotopic (exact) mass is 280 g/mol. The van der Waals surface area contributed by atoms with E-state index in [1.807, 2.05) is 12.1 Å². The number of benzene rings is 1. The smallest absolute Gasteiger partial charge is 0.243 e. The van der Waals surface area contributed by atoms with Crippen molar-refractivity contribution in [3.8, 4) is 0 Å². The molecule has 1 aromatic carbocycles. The van der Waals surface area contributed by atoms with Gasteiger partial charge in [0.15, 0.2) is 0 Å². The maximum absolute atomic E-state index is 12.3. The molecule has 2 fully saturated rings. The number of rotatable bonds is 6. The van der Waals surface area contributed by atoms with Crippen molar-refractivity contribution < 1.29 is 8.42 Å². The van der Waals surface area contributed by atoms with Crippen molar-refractivity contribution >= 4 is 10.0 Å². The zero-order chi connectivity index (χ0) is 13.5. The summed E-state index contributed by atoms with van der Waals surface area (Å²) in [4.78, 5) is 0.400. The Kier molecular flexibility index (Phi) is 3.37. The van der Waals surface area contributed by atoms with Crippen LogP contribution >= 0.6 is 0 Å². The molecule has 104 valence electrons. The highest BCUT2D eigenvalue weighted by atomic mass is 32.2. The van der Waals surface area contributed by atoms with Gasteiger partial charge < -0.3 is 5.32 Å². The summed E-state index contributed by atoms with van der Waals surface area (Å²) in [7, 11) is -1.62. The molecule has 1 aromatic rings. The van der Waals surface area contributed by atoms with Crippen molar-refractivity contribution in [3.05, 3.63) is 29.8 Å². The summed E-state index contributed by atoms with van der Waals surface area (Å²) in [5.74, 6) is 0. The van der Waals surface area contributed by atoms with Crippen LogP contribution in [0.5, 0.6) is 0 Å². The molecular formula is C14H20N2O2S. The predicted molar refractivity (Wildman–Crippen MR) is 74.3 cm³/mol. The Bertz CT molecular complexity index is 545. The number of sulfonamides is 1. The number of nitrogens with one attached hydrogen (secondary N) is 1. The minimum absolute atomic E-state index is 0.209. The SMILES string of the molecule is CN(C1CC1)S(=O)(=O)c1ccc(CNC2CC2)cc1. The third-order valence-electron chi connectivity index (χ3n) is 3.83. The highest BCUT2D eigenvalue weighted by molar-refractivity contribution is 7.89. The summed E-state index contributed by atoms with van der Waals surface area (Å²) in [6, 6.07) is 8.13. The van der Waals surface area contributed by atoms with E-state index in [0.29, 0.717) is 10.9 Å². The molecule has 1 N–H and O–H groups in total. The molecule has 4 nitrogen and oxygen atoms in total. The van der Waals surface area contributed by atoms with Crippen molar-refractivity contribution in [2.24, 2.45) is 0 Å². The Morgan fingerprint density at radius 2 is 1.79 bits per heavy atom. The molecular weight excluding hydrogens is 260 g/mol. The van der Waals surface area contributed by atoms with Crippen molar-refractivity contribution in [1.82, 2.24) is 9.62 Å². The van der Waals surface area contributed by atoms with E-state index >= 15 is 0 Å². The summed E-state index contributed by atoms with van der Waals surface area (Å²) in [5.41, 5.74) is 1.14. The molecule has 0 aromatic heterocycles. The lowest BCUT2D eigenvalue weighted by Crippen LogP contribution is -2.28. The van der Waals surface area contributed by atoms with Crippen LogP contribution in [0.25, 0.3) is 0 Å². The van der Waals surface area contributed by atoms with Gasteiger partial charge in [0.05, 0.1) is 4.90 Å². The fourth-order valence-corrected chi connectivity index (χ4v) is 3.55. The van der Waals surface area contributed by atoms with Crippen molar-refractivity contribution in [2.45, 2.75) is 49.2 Å². The van der Waals surface area contributed by atoms with Crippen molar-refractivity contribution in [2.75, 3.05) is 7.05 Å². The van der Waals surface area contributed by atoms with E-state index in [4.69, 9.17) is 0 Å². The number of nitrogens with zero attached hydrogens (tertiary/aromatic N) is 1. The van der Waals surface area contributed by atoms with Gasteiger partial charge in [-0.3, -0.25) is 0 Å². The molecule has 2 aliphatic rings. The Labute approximate surface area is 114 Å². The van der Waals surface area contributed by atoms with Gasteiger partial charge in [-0.05, 0) is 43.4 Å². The van der Waals surface area contributed by atoms with Gasteiger partial charge in [-0.15, -0.1) is 0 Å². The lowest BCUT2D eigenvalue weighted by Gasteiger charge is -2.16. The van der Waals surface area contributed by atoms with Crippen LogP contribution < -0.4 is 5.32 Å². The highest BCUT2D eigenvalue weighted by Gasteiger charge is 2.34. The lowest BCUT2D eigenvalue weighted by molar-refractivity contribution is 0.464. The molecule has 0 radical (unpaired) electrons. The van der Waals surface area contributed by atoms with E-state index in [1.54, 1.807) is 19.2 Å². The topological polar surface area (TPSA) is 49.4 Å². The van der Waals surface area contributed by atoms with Crippen LogP contribution in [0.3, 0.4) is 0 Å². The molecule has 0 atom stereocenters. The fraction of sp³-hybridized carbons (Fsp3) is 0.571. The first-order valence-electron chi connectivity index (χ1n) is 6.88. The van der Waals surface area contributed by atoms with Crippen molar-refractivity contribution in [3.63, 3.8) is 0 Å². The Morgan fingerprint density at radius 1 is 1.16 bits per heavy atom. The minimum atomic E-state index is -3.30. The van der Waals surface area contributed by atoms with E-state index in [1.165, 1.54) is 17.1 Å². The average molecular weight is 280 g/mol. The first kappa shape index (κ1) is 13.1. The van der Waals surface area contributed by atoms with Gasteiger partial charge in [0.1, 0.15) is 0 Å². The Hall–Kier alpha value is -0.910. The first-order valence-corrected chi connectivity index (χ1v) is 8.32. The van der Waals surface area contributed by atoms with Crippen LogP contribution in [0.2, 0.25) is 0 Å². The quantitative estimate of drug-likeness (QED) is 0.863. The minimum Gasteiger partial charge on any atom is -0.310 e.